The van der Waals surface area contributed by atoms with Crippen LogP contribution in [0.25, 0.3) is 6.08 Å². The largest absolute Gasteiger partial charge is 0.493 e. The summed E-state index contributed by atoms with van der Waals surface area (Å²) in [5.41, 5.74) is 2.52. The normalized spacial score (nSPS) is 19.8. The van der Waals surface area contributed by atoms with Gasteiger partial charge in [0.25, 0.3) is 0 Å². The van der Waals surface area contributed by atoms with E-state index < -0.39 is 5.92 Å². The van der Waals surface area contributed by atoms with Crippen molar-refractivity contribution in [1.82, 2.24) is 0 Å². The summed E-state index contributed by atoms with van der Waals surface area (Å²) in [6.07, 6.45) is 1.73. The molecule has 0 aliphatic carbocycles. The van der Waals surface area contributed by atoms with Gasteiger partial charge in [0.1, 0.15) is 37.9 Å². The fraction of sp³-hybridized carbons (Fsp3) is 0.241. The third-order valence-electron chi connectivity index (χ3n) is 6.90. The van der Waals surface area contributed by atoms with Crippen LogP contribution < -0.4 is 33.2 Å². The van der Waals surface area contributed by atoms with Gasteiger partial charge in [0, 0.05) is 11.5 Å². The Morgan fingerprint density at radius 3 is 2.39 bits per heavy atom. The molecule has 4 aliphatic heterocycles. The van der Waals surface area contributed by atoms with Gasteiger partial charge in [-0.15, -0.1) is 0 Å². The van der Waals surface area contributed by atoms with E-state index in [-0.39, 0.29) is 23.9 Å². The third-order valence-corrected chi connectivity index (χ3v) is 6.90. The zero-order chi connectivity index (χ0) is 25.8. The van der Waals surface area contributed by atoms with E-state index >= 15 is 0 Å². The van der Waals surface area contributed by atoms with Crippen LogP contribution in [0.2, 0.25) is 0 Å². The molecule has 1 unspecified atom stereocenters. The monoisotopic (exact) mass is 514 g/mol. The number of esters is 1. The molecule has 4 aliphatic rings. The Morgan fingerprint density at radius 2 is 1.55 bits per heavy atom. The average molecular weight is 514 g/mol. The number of carbonyl (C=O) groups is 2. The predicted molar refractivity (Wildman–Crippen MR) is 133 cm³/mol. The molecule has 0 fully saturated rings. The van der Waals surface area contributed by atoms with Crippen molar-refractivity contribution >= 4 is 17.8 Å². The van der Waals surface area contributed by atoms with E-state index in [4.69, 9.17) is 33.2 Å². The maximum atomic E-state index is 13.4. The molecule has 1 atom stereocenters. The van der Waals surface area contributed by atoms with E-state index in [0.29, 0.717) is 77.8 Å². The molecule has 0 radical (unpaired) electrons. The number of hydrogen-bond acceptors (Lipinski definition) is 9. The highest BCUT2D eigenvalue weighted by atomic mass is 16.6. The highest BCUT2D eigenvalue weighted by Gasteiger charge is 2.39. The summed E-state index contributed by atoms with van der Waals surface area (Å²) >= 11 is 0. The molecule has 4 heterocycles. The molecule has 0 saturated carbocycles. The van der Waals surface area contributed by atoms with Crippen LogP contribution in [0.1, 0.15) is 39.4 Å². The van der Waals surface area contributed by atoms with Gasteiger partial charge in [-0.1, -0.05) is 6.07 Å². The standard InChI is InChI=1S/C29H22O9/c1-32-23-12-16(13-24-29(23)36-9-8-35-24)18-14-25(30)37-20-5-3-17-27(31)22(38-28(17)26(18)20)11-15-2-4-19-21(10-15)34-7-6-33-19/h2-5,10-13,18H,6-9,14H2,1H3. The summed E-state index contributed by atoms with van der Waals surface area (Å²) in [5.74, 6) is 2.65. The smallest absolute Gasteiger partial charge is 0.312 e. The van der Waals surface area contributed by atoms with Crippen molar-refractivity contribution in [2.45, 2.75) is 12.3 Å². The van der Waals surface area contributed by atoms with E-state index in [9.17, 15) is 9.59 Å². The molecule has 38 heavy (non-hydrogen) atoms. The minimum atomic E-state index is -0.452. The van der Waals surface area contributed by atoms with Gasteiger partial charge in [0.05, 0.1) is 19.1 Å². The summed E-state index contributed by atoms with van der Waals surface area (Å²) in [6.45, 7) is 1.79. The number of ether oxygens (including phenoxy) is 7. The molecule has 3 aromatic carbocycles. The van der Waals surface area contributed by atoms with Crippen LogP contribution in [0.3, 0.4) is 0 Å². The maximum Gasteiger partial charge on any atom is 0.312 e. The first-order chi connectivity index (χ1) is 18.6. The highest BCUT2D eigenvalue weighted by molar-refractivity contribution is 6.15. The minimum absolute atomic E-state index is 0.0605. The molecule has 7 rings (SSSR count). The molecule has 0 amide bonds. The predicted octanol–water partition coefficient (Wildman–Crippen LogP) is 4.29. The molecule has 0 aromatic heterocycles. The summed E-state index contributed by atoms with van der Waals surface area (Å²) in [4.78, 5) is 26.0. The first-order valence-electron chi connectivity index (χ1n) is 12.3. The van der Waals surface area contributed by atoms with E-state index in [1.54, 1.807) is 31.4 Å². The van der Waals surface area contributed by atoms with Crippen LogP contribution in [-0.4, -0.2) is 45.3 Å². The molecule has 0 N–H and O–H groups in total. The molecular weight excluding hydrogens is 492 g/mol. The zero-order valence-electron chi connectivity index (χ0n) is 20.4. The number of carbonyl (C=O) groups excluding carboxylic acids is 2. The Bertz CT molecular complexity index is 1520. The van der Waals surface area contributed by atoms with Gasteiger partial charge < -0.3 is 33.2 Å². The number of methoxy groups -OCH3 is 1. The zero-order valence-corrected chi connectivity index (χ0v) is 20.4. The number of allylic oxidation sites excluding steroid dienone is 1. The first-order valence-corrected chi connectivity index (χ1v) is 12.3. The lowest BCUT2D eigenvalue weighted by molar-refractivity contribution is -0.135. The Morgan fingerprint density at radius 1 is 0.789 bits per heavy atom. The summed E-state index contributed by atoms with van der Waals surface area (Å²) in [5, 5.41) is 0. The molecule has 9 heteroatoms. The number of ketones is 1. The fourth-order valence-electron chi connectivity index (χ4n) is 5.19. The first kappa shape index (κ1) is 22.5. The molecule has 0 spiro atoms. The quantitative estimate of drug-likeness (QED) is 0.288. The lowest BCUT2D eigenvalue weighted by atomic mass is 9.84. The Kier molecular flexibility index (Phi) is 5.17. The molecule has 0 bridgehead atoms. The number of rotatable bonds is 3. The van der Waals surface area contributed by atoms with Crippen molar-refractivity contribution in [3.63, 3.8) is 0 Å². The highest BCUT2D eigenvalue weighted by Crippen LogP contribution is 2.51. The summed E-state index contributed by atoms with van der Waals surface area (Å²) in [6, 6.07) is 12.4. The fourth-order valence-corrected chi connectivity index (χ4v) is 5.19. The topological polar surface area (TPSA) is 98.8 Å². The van der Waals surface area contributed by atoms with E-state index in [0.717, 1.165) is 11.1 Å². The SMILES string of the molecule is COc1cc(C2CC(=O)Oc3ccc4c(c32)OC(=Cc2ccc3c(c2)OCCO3)C4=O)cc2c1OCCO2. The van der Waals surface area contributed by atoms with E-state index in [1.165, 1.54) is 0 Å². The van der Waals surface area contributed by atoms with Crippen molar-refractivity contribution in [1.29, 1.82) is 0 Å². The van der Waals surface area contributed by atoms with Crippen LogP contribution in [0.4, 0.5) is 0 Å². The second kappa shape index (κ2) is 8.72. The summed E-state index contributed by atoms with van der Waals surface area (Å²) in [7, 11) is 1.55. The second-order valence-corrected chi connectivity index (χ2v) is 9.18. The van der Waals surface area contributed by atoms with Crippen molar-refractivity contribution in [3.05, 3.63) is 70.5 Å². The molecular formula is C29H22O9. The molecule has 9 nitrogen and oxygen atoms in total. The van der Waals surface area contributed by atoms with Crippen LogP contribution >= 0.6 is 0 Å². The van der Waals surface area contributed by atoms with Gasteiger partial charge in [-0.25, -0.2) is 0 Å². The van der Waals surface area contributed by atoms with Crippen molar-refractivity contribution < 1.29 is 42.7 Å². The van der Waals surface area contributed by atoms with Gasteiger partial charge in [-0.3, -0.25) is 9.59 Å². The van der Waals surface area contributed by atoms with Crippen molar-refractivity contribution in [3.8, 4) is 40.2 Å². The van der Waals surface area contributed by atoms with E-state index in [2.05, 4.69) is 0 Å². The maximum absolute atomic E-state index is 13.4. The number of fused-ring (bicyclic) bond motifs is 5. The lowest BCUT2D eigenvalue weighted by Gasteiger charge is -2.28. The van der Waals surface area contributed by atoms with Gasteiger partial charge in [0.15, 0.2) is 28.8 Å². The van der Waals surface area contributed by atoms with Gasteiger partial charge >= 0.3 is 5.97 Å². The van der Waals surface area contributed by atoms with Crippen molar-refractivity contribution in [2.24, 2.45) is 0 Å². The van der Waals surface area contributed by atoms with Gasteiger partial charge in [-0.05, 0) is 53.6 Å². The van der Waals surface area contributed by atoms with E-state index in [1.807, 2.05) is 24.3 Å². The third kappa shape index (κ3) is 3.61. The number of Topliss-reactive ketones (excluding diaryl/α,β-unsaturated/α-hetero) is 1. The van der Waals surface area contributed by atoms with Gasteiger partial charge in [-0.2, -0.15) is 0 Å². The Balaban J connectivity index is 1.30. The van der Waals surface area contributed by atoms with Gasteiger partial charge in [0.2, 0.25) is 11.5 Å². The Hall–Kier alpha value is -4.66. The van der Waals surface area contributed by atoms with Crippen molar-refractivity contribution in [2.75, 3.05) is 33.5 Å². The van der Waals surface area contributed by atoms with Crippen LogP contribution in [0.5, 0.6) is 40.2 Å². The Labute approximate surface area is 217 Å². The van der Waals surface area contributed by atoms with Crippen LogP contribution in [0, 0.1) is 0 Å². The number of hydrogen-bond donors (Lipinski definition) is 0. The minimum Gasteiger partial charge on any atom is -0.493 e. The number of benzene rings is 3. The molecule has 192 valence electrons. The van der Waals surface area contributed by atoms with Crippen LogP contribution in [0.15, 0.2) is 48.2 Å². The molecule has 3 aromatic rings. The summed E-state index contributed by atoms with van der Waals surface area (Å²) < 4.78 is 40.1. The molecule has 0 saturated heterocycles. The lowest BCUT2D eigenvalue weighted by Crippen LogP contribution is -2.22. The second-order valence-electron chi connectivity index (χ2n) is 9.18. The average Bonchev–Trinajstić information content (AvgIpc) is 3.26. The van der Waals surface area contributed by atoms with Crippen LogP contribution in [-0.2, 0) is 4.79 Å².